The number of esters is 2. The second kappa shape index (κ2) is 36.5. The highest BCUT2D eigenvalue weighted by Crippen LogP contribution is 2.55. The van der Waals surface area contributed by atoms with E-state index in [0.717, 1.165) is 64.6 Å². The smallest absolute Gasteiger partial charge is 0.462 e. The van der Waals surface area contributed by atoms with Gasteiger partial charge in [0.2, 0.25) is 0 Å². The Morgan fingerprint density at radius 1 is 0.440 bits per heavy atom. The van der Waals surface area contributed by atoms with Gasteiger partial charge in [0.25, 0.3) is 11.1 Å². The van der Waals surface area contributed by atoms with E-state index in [1.165, 1.54) is 87.6 Å². The molecule has 4 aliphatic rings. The van der Waals surface area contributed by atoms with E-state index in [0.29, 0.717) is 16.7 Å². The normalized spacial score (nSPS) is 15.0. The van der Waals surface area contributed by atoms with E-state index < -0.39 is 11.9 Å². The molecule has 116 heavy (non-hydrogen) atoms. The highest BCUT2D eigenvalue weighted by Gasteiger charge is 2.52. The molecule has 0 radical (unpaired) electrons. The summed E-state index contributed by atoms with van der Waals surface area (Å²) in [6.45, 7) is 16.4. The summed E-state index contributed by atoms with van der Waals surface area (Å²) in [5.74, 6) is -0.993. The monoisotopic (exact) mass is 1750 g/mol. The number of benzene rings is 10. The minimum atomic E-state index is -0.546. The maximum Gasteiger partial charge on any atom is 0.494 e. The topological polar surface area (TPSA) is 188 Å². The van der Waals surface area contributed by atoms with Gasteiger partial charge in [-0.1, -0.05) is 290 Å². The third-order valence-electron chi connectivity index (χ3n) is 21.8. The molecule has 3 saturated carbocycles. The number of fused-ring (bicyclic) bond motifs is 2. The number of carbonyl (C=O) groups excluding carboxylic acids is 3. The second-order valence-corrected chi connectivity index (χ2v) is 32.9. The third-order valence-corrected chi connectivity index (χ3v) is 23.5. The van der Waals surface area contributed by atoms with Crippen molar-refractivity contribution in [2.75, 3.05) is 13.2 Å². The van der Waals surface area contributed by atoms with Gasteiger partial charge in [-0.25, -0.2) is 28.6 Å². The Labute approximate surface area is 705 Å². The molecule has 0 bridgehead atoms. The van der Waals surface area contributed by atoms with Crippen LogP contribution in [0.25, 0.3) is 28.1 Å². The largest absolute Gasteiger partial charge is 0.494 e. The third kappa shape index (κ3) is 19.1. The number of hydrogen-bond donors (Lipinski definition) is 2. The lowest BCUT2D eigenvalue weighted by Gasteiger charge is -2.32. The SMILES string of the molecule is Brc1ccc(C2(c3ccccc3)CC2)cc1.C=C(c1ccccc1)c1ccc(Br)cc1.CC1(C)OB(c2ccc(C3(c4ccccc4)CC3)cc2)OC1(C)C.CCOC(=O)c1c[nH]n2c(=O)cc(-c3ccc(C4(c5ccccc5)CC4)cc3)nc12.CCOC(=O)c1c[nH]n2c(=O)cc(Cl)nc12.O=C(c1ccccc1)c1ccc(Br)cc1. The van der Waals surface area contributed by atoms with Gasteiger partial charge < -0.3 is 18.8 Å². The lowest BCUT2D eigenvalue weighted by atomic mass is 9.77. The van der Waals surface area contributed by atoms with E-state index in [1.54, 1.807) is 13.8 Å². The summed E-state index contributed by atoms with van der Waals surface area (Å²) in [4.78, 5) is 68.1. The number of rotatable bonds is 16. The molecule has 20 heteroatoms. The van der Waals surface area contributed by atoms with Crippen molar-refractivity contribution in [1.29, 1.82) is 0 Å². The Kier molecular flexibility index (Phi) is 26.1. The Hall–Kier alpha value is -10.9. The van der Waals surface area contributed by atoms with Gasteiger partial charge in [-0.15, -0.1) is 0 Å². The number of nitrogens with one attached hydrogen (secondary N) is 2. The number of aromatic nitrogens is 6. The van der Waals surface area contributed by atoms with Gasteiger partial charge in [0.1, 0.15) is 16.3 Å². The molecule has 4 aromatic heterocycles. The van der Waals surface area contributed by atoms with E-state index in [2.05, 4.69) is 272 Å². The van der Waals surface area contributed by atoms with Gasteiger partial charge in [0, 0.05) is 70.9 Å². The van der Waals surface area contributed by atoms with Crippen molar-refractivity contribution >= 4 is 107 Å². The quantitative estimate of drug-likeness (QED) is 0.0405. The summed E-state index contributed by atoms with van der Waals surface area (Å²) >= 11 is 15.9. The molecule has 18 rings (SSSR count). The van der Waals surface area contributed by atoms with Crippen molar-refractivity contribution in [1.82, 2.24) is 29.2 Å². The average molecular weight is 1750 g/mol. The Bertz CT molecular complexity index is 5750. The first kappa shape index (κ1) is 83.1. The minimum absolute atomic E-state index is 0.0372. The molecule has 1 aliphatic heterocycles. The fraction of sp³-hybridized carbons (Fsp3) is 0.198. The van der Waals surface area contributed by atoms with E-state index >= 15 is 0 Å². The van der Waals surface area contributed by atoms with Crippen LogP contribution in [0, 0.1) is 0 Å². The van der Waals surface area contributed by atoms with E-state index in [-0.39, 0.29) is 86.8 Å². The molecule has 2 N–H and O–H groups in total. The first-order chi connectivity index (χ1) is 55.9. The second-order valence-electron chi connectivity index (χ2n) is 29.7. The molecule has 3 aliphatic carbocycles. The average Bonchev–Trinajstić information content (AvgIpc) is 1.65. The summed E-state index contributed by atoms with van der Waals surface area (Å²) < 4.78 is 27.8. The lowest BCUT2D eigenvalue weighted by Crippen LogP contribution is -2.41. The molecule has 14 aromatic rings. The molecule has 0 spiro atoms. The Balaban J connectivity index is 0.000000124. The molecule has 0 amide bonds. The zero-order chi connectivity index (χ0) is 81.8. The van der Waals surface area contributed by atoms with Gasteiger partial charge >= 0.3 is 19.1 Å². The maximum absolute atomic E-state index is 12.5. The number of hydrogen-bond acceptors (Lipinski definition) is 11. The number of ketones is 1. The standard InChI is InChI=1S/C24H21N3O3.C21H25BO2.C15H13Br.C14H11Br.C13H9BrO.C9H8ClN3O3/c1-2-30-23(29)19-15-25-27-21(28)14-20(26-22(19)27)16-8-10-18(11-9-16)24(12-13-24)17-6-4-3-5-7-17;1-19(2)20(3,4)24-22(23-19)18-12-10-17(11-13-18)21(14-15-21)16-8-6-5-7-9-16;16-14-8-6-13(7-9-14)15(10-11-15)12-4-2-1-3-5-12;1-11(12-5-3-2-4-6-12)13-7-9-14(15)10-8-13;14-12-8-6-11(7-9-12)13(15)10-4-2-1-3-5-10;1-2-16-9(15)5-4-11-13-7(14)3-6(10)12-8(5)13/h3-11,14-15,25H,2,12-13H2,1H3;5-13H,14-15H2,1-4H3;1-9H,10-11H2;2-10H,1H2;1-9H;3-4,11H,2H2,1H3. The molecule has 0 atom stereocenters. The molecule has 15 nitrogen and oxygen atoms in total. The van der Waals surface area contributed by atoms with Crippen molar-refractivity contribution in [2.45, 2.75) is 108 Å². The predicted octanol–water partition coefficient (Wildman–Crippen LogP) is 21.6. The summed E-state index contributed by atoms with van der Waals surface area (Å²) in [5, 5.41) is 5.41. The summed E-state index contributed by atoms with van der Waals surface area (Å²) in [5.41, 5.74) is 15.8. The van der Waals surface area contributed by atoms with Crippen molar-refractivity contribution in [3.63, 3.8) is 0 Å². The van der Waals surface area contributed by atoms with Crippen LogP contribution in [0.4, 0.5) is 0 Å². The first-order valence-corrected chi connectivity index (χ1v) is 41.3. The van der Waals surface area contributed by atoms with Crippen LogP contribution in [0.1, 0.15) is 161 Å². The predicted molar refractivity (Wildman–Crippen MR) is 472 cm³/mol. The number of aromatic amines is 2. The molecule has 5 heterocycles. The Morgan fingerprint density at radius 3 is 1.16 bits per heavy atom. The number of ether oxygens (including phenoxy) is 2. The van der Waals surface area contributed by atoms with Crippen LogP contribution in [0.3, 0.4) is 0 Å². The van der Waals surface area contributed by atoms with Crippen LogP contribution in [0.2, 0.25) is 5.15 Å². The fourth-order valence-corrected chi connectivity index (χ4v) is 15.1. The molecular formula is C96H87BBr3ClN6O9. The van der Waals surface area contributed by atoms with Gasteiger partial charge in [0.05, 0.1) is 30.1 Å². The number of carbonyl (C=O) groups is 3. The first-order valence-electron chi connectivity index (χ1n) is 38.5. The van der Waals surface area contributed by atoms with Crippen LogP contribution in [0.5, 0.6) is 0 Å². The molecule has 1 saturated heterocycles. The fourth-order valence-electron chi connectivity index (χ4n) is 14.2. The molecule has 10 aromatic carbocycles. The molecule has 0 unspecified atom stereocenters. The number of H-pyrrole nitrogens is 2. The van der Waals surface area contributed by atoms with Crippen LogP contribution < -0.4 is 16.6 Å². The Morgan fingerprint density at radius 2 is 0.759 bits per heavy atom. The van der Waals surface area contributed by atoms with E-state index in [9.17, 15) is 24.0 Å². The van der Waals surface area contributed by atoms with Crippen molar-refractivity contribution in [3.8, 4) is 11.3 Å². The minimum Gasteiger partial charge on any atom is -0.462 e. The van der Waals surface area contributed by atoms with Crippen LogP contribution >= 0.6 is 59.4 Å². The zero-order valence-electron chi connectivity index (χ0n) is 65.2. The number of halogens is 4. The van der Waals surface area contributed by atoms with Gasteiger partial charge in [-0.3, -0.25) is 24.6 Å². The molecule has 4 fully saturated rings. The summed E-state index contributed by atoms with van der Waals surface area (Å²) in [7, 11) is -0.282. The van der Waals surface area contributed by atoms with Gasteiger partial charge in [-0.2, -0.15) is 0 Å². The van der Waals surface area contributed by atoms with Crippen molar-refractivity contribution in [2.24, 2.45) is 0 Å². The van der Waals surface area contributed by atoms with Crippen molar-refractivity contribution < 1.29 is 33.2 Å². The van der Waals surface area contributed by atoms with Gasteiger partial charge in [0.15, 0.2) is 17.1 Å². The summed E-state index contributed by atoms with van der Waals surface area (Å²) in [6, 6.07) is 95.7. The van der Waals surface area contributed by atoms with Gasteiger partial charge in [-0.05, 0) is 184 Å². The van der Waals surface area contributed by atoms with Crippen LogP contribution in [-0.2, 0) is 35.0 Å². The number of nitrogens with zero attached hydrogens (tertiary/aromatic N) is 4. The van der Waals surface area contributed by atoms with E-state index in [1.807, 2.05) is 103 Å². The highest BCUT2D eigenvalue weighted by atomic mass is 79.9. The highest BCUT2D eigenvalue weighted by molar-refractivity contribution is 9.11. The maximum atomic E-state index is 12.5. The lowest BCUT2D eigenvalue weighted by molar-refractivity contribution is 0.00578. The van der Waals surface area contributed by atoms with Crippen LogP contribution in [0.15, 0.2) is 327 Å². The van der Waals surface area contributed by atoms with Crippen molar-refractivity contribution in [3.05, 3.63) is 410 Å². The zero-order valence-corrected chi connectivity index (χ0v) is 70.7. The molecule has 586 valence electrons. The van der Waals surface area contributed by atoms with Crippen LogP contribution in [-0.4, -0.2) is 78.5 Å². The molecular weight excluding hydrogens is 1670 g/mol. The summed E-state index contributed by atoms with van der Waals surface area (Å²) in [6.07, 6.45) is 10.1. The van der Waals surface area contributed by atoms with E-state index in [4.69, 9.17) is 30.4 Å².